The molecule has 0 saturated carbocycles. The zero-order valence-electron chi connectivity index (χ0n) is 57.2. The van der Waals surface area contributed by atoms with Crippen molar-refractivity contribution in [1.29, 1.82) is 0 Å². The van der Waals surface area contributed by atoms with Crippen molar-refractivity contribution in [3.8, 4) is 113 Å². The molecule has 0 radical (unpaired) electrons. The van der Waals surface area contributed by atoms with Gasteiger partial charge in [-0.1, -0.05) is 255 Å². The van der Waals surface area contributed by atoms with Gasteiger partial charge < -0.3 is 18.3 Å². The van der Waals surface area contributed by atoms with Crippen LogP contribution in [-0.4, -0.2) is 43.2 Å². The first kappa shape index (κ1) is 60.4. The van der Waals surface area contributed by atoms with Crippen molar-refractivity contribution in [3.05, 3.63) is 370 Å². The summed E-state index contributed by atoms with van der Waals surface area (Å²) >= 11 is 0. The minimum absolute atomic E-state index is 0.548. The Morgan fingerprint density at radius 2 is 0.575 bits per heavy atom. The van der Waals surface area contributed by atoms with Crippen molar-refractivity contribution in [2.75, 3.05) is 0 Å². The van der Waals surface area contributed by atoms with Crippen LogP contribution in [0.15, 0.2) is 370 Å². The van der Waals surface area contributed by atoms with Gasteiger partial charge in [0.25, 0.3) is 0 Å². The second kappa shape index (κ2) is 24.7. The van der Waals surface area contributed by atoms with E-state index in [-0.39, 0.29) is 0 Å². The normalized spacial score (nSPS) is 11.8. The molecule has 21 aromatic rings. The minimum Gasteiger partial charge on any atom is -0.309 e. The largest absolute Gasteiger partial charge is 0.309 e. The lowest BCUT2D eigenvalue weighted by Gasteiger charge is -2.17. The van der Waals surface area contributed by atoms with E-state index >= 15 is 0 Å². The van der Waals surface area contributed by atoms with Gasteiger partial charge in [0.1, 0.15) is 0 Å². The van der Waals surface area contributed by atoms with E-state index in [1.165, 1.54) is 43.5 Å². The van der Waals surface area contributed by atoms with Gasteiger partial charge >= 0.3 is 0 Å². The highest BCUT2D eigenvalue weighted by Gasteiger charge is 2.25. The van der Waals surface area contributed by atoms with Crippen LogP contribution in [0.1, 0.15) is 0 Å². The number of aromatic nitrogens is 9. The van der Waals surface area contributed by atoms with Gasteiger partial charge in [0.05, 0.1) is 66.9 Å². The zero-order valence-corrected chi connectivity index (χ0v) is 57.2. The maximum atomic E-state index is 5.56. The lowest BCUT2D eigenvalue weighted by atomic mass is 9.97. The molecule has 494 valence electrons. The molecule has 6 aromatic heterocycles. The summed E-state index contributed by atoms with van der Waals surface area (Å²) in [7, 11) is 0. The van der Waals surface area contributed by atoms with E-state index in [1.807, 2.05) is 42.5 Å². The van der Waals surface area contributed by atoms with Crippen LogP contribution in [0.3, 0.4) is 0 Å². The van der Waals surface area contributed by atoms with Crippen LogP contribution in [-0.2, 0) is 0 Å². The van der Waals surface area contributed by atoms with Crippen LogP contribution in [0, 0.1) is 0 Å². The topological polar surface area (TPSA) is 84.2 Å². The summed E-state index contributed by atoms with van der Waals surface area (Å²) in [6.45, 7) is 0. The van der Waals surface area contributed by atoms with Gasteiger partial charge in [-0.15, -0.1) is 0 Å². The summed E-state index contributed by atoms with van der Waals surface area (Å²) in [6.07, 6.45) is 0. The summed E-state index contributed by atoms with van der Waals surface area (Å²) in [5.41, 5.74) is 24.5. The average molecular weight is 1350 g/mol. The molecule has 0 N–H and O–H groups in total. The number of para-hydroxylation sites is 7. The van der Waals surface area contributed by atoms with Crippen molar-refractivity contribution < 1.29 is 0 Å². The standard InChI is InChI=1S/C97H61N9/c1-5-27-62(28-6-1)81-61-82(99-94(98-81)63-29-7-2-8-30-63)80-58-66(51-54-91(80)105-86-47-22-16-40-75(86)79-60-70(53-56-90(79)105)104-83-44-19-13-37-72(83)73-38-14-20-45-84(73)104)65-33-25-34-68(57-65)96-100-95(64-31-9-3-10-32-64)101-97(102-96)77-42-18-24-49-88(77)106-87-48-23-17-41-76(87)93-71(43-26-50-92(93)106)67-52-55-89-78(59-67)74-39-15-21-46-85(74)103(89)69-35-11-4-12-36-69/h1-61H. The third kappa shape index (κ3) is 9.89. The monoisotopic (exact) mass is 1350 g/mol. The number of nitrogens with zero attached hydrogens (tertiary/aromatic N) is 9. The molecule has 21 rings (SSSR count). The lowest BCUT2D eigenvalue weighted by molar-refractivity contribution is 1.06. The SMILES string of the molecule is c1ccc(-c2cc(-c3cc(-c4cccc(-c5nc(-c6ccccc6)nc(-c6ccccc6-n6c7ccccc7c7c(-c8ccc9c(c8)c8ccccc8n9-c8ccccc8)cccc76)n5)c4)ccc3-n3c4ccccc4c4cc(-n5c6ccccc6c6ccccc65)ccc43)nc(-c3ccccc3)n2)cc1. The van der Waals surface area contributed by atoms with Gasteiger partial charge in [-0.05, 0) is 138 Å². The molecule has 9 nitrogen and oxygen atoms in total. The van der Waals surface area contributed by atoms with Crippen LogP contribution in [0.5, 0.6) is 0 Å². The molecule has 0 bridgehead atoms. The molecule has 106 heavy (non-hydrogen) atoms. The lowest BCUT2D eigenvalue weighted by Crippen LogP contribution is -2.03. The van der Waals surface area contributed by atoms with Crippen molar-refractivity contribution >= 4 is 87.2 Å². The fourth-order valence-electron chi connectivity index (χ4n) is 16.3. The van der Waals surface area contributed by atoms with E-state index in [1.54, 1.807) is 0 Å². The quantitative estimate of drug-likeness (QED) is 0.122. The van der Waals surface area contributed by atoms with Crippen molar-refractivity contribution in [2.45, 2.75) is 0 Å². The van der Waals surface area contributed by atoms with Gasteiger partial charge in [0.15, 0.2) is 23.3 Å². The molecule has 0 spiro atoms. The predicted octanol–water partition coefficient (Wildman–Crippen LogP) is 24.4. The Kier molecular flexibility index (Phi) is 14.1. The molecule has 0 aliphatic rings. The molecule has 0 atom stereocenters. The first-order valence-electron chi connectivity index (χ1n) is 35.9. The van der Waals surface area contributed by atoms with Crippen LogP contribution in [0.2, 0.25) is 0 Å². The molecule has 0 aliphatic heterocycles. The molecule has 0 fully saturated rings. The van der Waals surface area contributed by atoms with Crippen molar-refractivity contribution in [1.82, 2.24) is 43.2 Å². The molecule has 0 saturated heterocycles. The molecule has 6 heterocycles. The molecule has 0 unspecified atom stereocenters. The summed E-state index contributed by atoms with van der Waals surface area (Å²) in [4.78, 5) is 27.2. The molecular weight excluding hydrogens is 1290 g/mol. The number of benzene rings is 15. The summed E-state index contributed by atoms with van der Waals surface area (Å²) in [6, 6.07) is 132. The van der Waals surface area contributed by atoms with E-state index < -0.39 is 0 Å². The van der Waals surface area contributed by atoms with E-state index in [2.05, 4.69) is 346 Å². The molecule has 0 amide bonds. The third-order valence-corrected chi connectivity index (χ3v) is 21.0. The Morgan fingerprint density at radius 3 is 1.25 bits per heavy atom. The Morgan fingerprint density at radius 1 is 0.170 bits per heavy atom. The van der Waals surface area contributed by atoms with Crippen LogP contribution in [0.25, 0.3) is 200 Å². The predicted molar refractivity (Wildman–Crippen MR) is 436 cm³/mol. The van der Waals surface area contributed by atoms with E-state index in [0.717, 1.165) is 134 Å². The Hall–Kier alpha value is -14.4. The van der Waals surface area contributed by atoms with E-state index in [0.29, 0.717) is 23.3 Å². The summed E-state index contributed by atoms with van der Waals surface area (Å²) in [5, 5.41) is 9.47. The highest BCUT2D eigenvalue weighted by Crippen LogP contribution is 2.46. The maximum absolute atomic E-state index is 5.56. The Bertz CT molecular complexity index is 6960. The first-order chi connectivity index (χ1) is 52.6. The summed E-state index contributed by atoms with van der Waals surface area (Å²) in [5.74, 6) is 2.31. The molecule has 0 aliphatic carbocycles. The van der Waals surface area contributed by atoms with E-state index in [9.17, 15) is 0 Å². The van der Waals surface area contributed by atoms with E-state index in [4.69, 9.17) is 24.9 Å². The summed E-state index contributed by atoms with van der Waals surface area (Å²) < 4.78 is 9.59. The maximum Gasteiger partial charge on any atom is 0.166 e. The first-order valence-corrected chi connectivity index (χ1v) is 35.9. The average Bonchev–Trinajstić information content (AvgIpc) is 1.57. The van der Waals surface area contributed by atoms with Gasteiger partial charge in [0, 0.05) is 87.8 Å². The van der Waals surface area contributed by atoms with Gasteiger partial charge in [-0.25, -0.2) is 24.9 Å². The second-order valence-electron chi connectivity index (χ2n) is 27.1. The second-order valence-corrected chi connectivity index (χ2v) is 27.1. The third-order valence-electron chi connectivity index (χ3n) is 21.0. The van der Waals surface area contributed by atoms with Gasteiger partial charge in [-0.2, -0.15) is 0 Å². The highest BCUT2D eigenvalue weighted by molar-refractivity contribution is 6.18. The number of hydrogen-bond donors (Lipinski definition) is 0. The van der Waals surface area contributed by atoms with Crippen molar-refractivity contribution in [2.24, 2.45) is 0 Å². The zero-order chi connectivity index (χ0) is 69.8. The van der Waals surface area contributed by atoms with Crippen LogP contribution in [0.4, 0.5) is 0 Å². The van der Waals surface area contributed by atoms with Crippen LogP contribution >= 0.6 is 0 Å². The minimum atomic E-state index is 0.548. The molecular formula is C97H61N9. The number of rotatable bonds is 12. The van der Waals surface area contributed by atoms with Crippen LogP contribution < -0.4 is 0 Å². The number of hydrogen-bond acceptors (Lipinski definition) is 5. The highest BCUT2D eigenvalue weighted by atomic mass is 15.1. The van der Waals surface area contributed by atoms with Crippen molar-refractivity contribution in [3.63, 3.8) is 0 Å². The van der Waals surface area contributed by atoms with Gasteiger partial charge in [0.2, 0.25) is 0 Å². The van der Waals surface area contributed by atoms with Gasteiger partial charge in [-0.3, -0.25) is 0 Å². The molecule has 15 aromatic carbocycles. The Labute approximate surface area is 609 Å². The molecule has 9 heteroatoms. The fourth-order valence-corrected chi connectivity index (χ4v) is 16.3. The Balaban J connectivity index is 0.726. The fraction of sp³-hybridized carbons (Fsp3) is 0. The smallest absolute Gasteiger partial charge is 0.166 e. The number of fused-ring (bicyclic) bond motifs is 12.